The molecule has 0 amide bonds. The lowest BCUT2D eigenvalue weighted by Crippen LogP contribution is -2.04. The van der Waals surface area contributed by atoms with Gasteiger partial charge >= 0.3 is 0 Å². The average Bonchev–Trinajstić information content (AvgIpc) is 2.76. The molecule has 0 aliphatic rings. The fourth-order valence-electron chi connectivity index (χ4n) is 2.01. The fraction of sp³-hybridized carbons (Fsp3) is 0.462. The number of aromatic nitrogens is 1. The summed E-state index contributed by atoms with van der Waals surface area (Å²) in [5.74, 6) is 0. The summed E-state index contributed by atoms with van der Waals surface area (Å²) in [5.41, 5.74) is 1.39. The van der Waals surface area contributed by atoms with E-state index in [1.807, 2.05) is 6.92 Å². The van der Waals surface area contributed by atoms with Gasteiger partial charge in [0.15, 0.2) is 0 Å². The number of benzene rings is 1. The third-order valence-electron chi connectivity index (χ3n) is 2.96. The number of rotatable bonds is 7. The molecule has 2 N–H and O–H groups in total. The van der Waals surface area contributed by atoms with Crippen molar-refractivity contribution in [3.05, 3.63) is 27.3 Å². The van der Waals surface area contributed by atoms with Crippen LogP contribution in [0.5, 0.6) is 0 Å². The van der Waals surface area contributed by atoms with Crippen LogP contribution >= 0.6 is 11.3 Å². The third-order valence-corrected chi connectivity index (χ3v) is 3.89. The highest BCUT2D eigenvalue weighted by molar-refractivity contribution is 7.18. The second-order valence-corrected chi connectivity index (χ2v) is 5.77. The number of fused-ring (bicyclic) bond motifs is 1. The van der Waals surface area contributed by atoms with Crippen LogP contribution in [0.1, 0.15) is 24.3 Å². The number of anilines is 1. The molecule has 0 saturated heterocycles. The molecule has 0 aliphatic heterocycles. The van der Waals surface area contributed by atoms with Crippen LogP contribution in [-0.4, -0.2) is 28.2 Å². The van der Waals surface area contributed by atoms with Crippen molar-refractivity contribution >= 4 is 32.9 Å². The maximum absolute atomic E-state index is 11.1. The SMILES string of the molecule is Cc1nc2cc(NCCCCCO)c([N+](=O)[O-])cc2s1. The summed E-state index contributed by atoms with van der Waals surface area (Å²) < 4.78 is 0.833. The molecular weight excluding hydrogens is 278 g/mol. The highest BCUT2D eigenvalue weighted by Gasteiger charge is 2.16. The van der Waals surface area contributed by atoms with E-state index in [1.54, 1.807) is 12.1 Å². The van der Waals surface area contributed by atoms with Crippen molar-refractivity contribution in [1.82, 2.24) is 4.98 Å². The molecule has 2 aromatic rings. The fourth-order valence-corrected chi connectivity index (χ4v) is 2.85. The number of hydrogen-bond acceptors (Lipinski definition) is 6. The molecule has 6 nitrogen and oxygen atoms in total. The molecule has 0 aliphatic carbocycles. The zero-order valence-electron chi connectivity index (χ0n) is 11.3. The normalized spacial score (nSPS) is 10.9. The smallest absolute Gasteiger partial charge is 0.293 e. The maximum atomic E-state index is 11.1. The van der Waals surface area contributed by atoms with Gasteiger partial charge in [0.25, 0.3) is 5.69 Å². The largest absolute Gasteiger partial charge is 0.396 e. The molecule has 7 heteroatoms. The molecule has 0 bridgehead atoms. The summed E-state index contributed by atoms with van der Waals surface area (Å²) in [6, 6.07) is 3.32. The zero-order chi connectivity index (χ0) is 14.5. The zero-order valence-corrected chi connectivity index (χ0v) is 12.1. The van der Waals surface area contributed by atoms with Crippen LogP contribution in [0.15, 0.2) is 12.1 Å². The first kappa shape index (κ1) is 14.7. The first-order valence-electron chi connectivity index (χ1n) is 6.52. The second-order valence-electron chi connectivity index (χ2n) is 4.54. The molecule has 108 valence electrons. The lowest BCUT2D eigenvalue weighted by atomic mass is 10.2. The second kappa shape index (κ2) is 6.62. The van der Waals surface area contributed by atoms with Crippen molar-refractivity contribution in [3.8, 4) is 0 Å². The van der Waals surface area contributed by atoms with Crippen molar-refractivity contribution < 1.29 is 10.0 Å². The highest BCUT2D eigenvalue weighted by atomic mass is 32.1. The Kier molecular flexibility index (Phi) is 4.86. The molecule has 0 atom stereocenters. The van der Waals surface area contributed by atoms with E-state index in [9.17, 15) is 10.1 Å². The van der Waals surface area contributed by atoms with Crippen LogP contribution in [0.3, 0.4) is 0 Å². The van der Waals surface area contributed by atoms with Crippen LogP contribution in [0.2, 0.25) is 0 Å². The number of nitro groups is 1. The summed E-state index contributed by atoms with van der Waals surface area (Å²) in [6.07, 6.45) is 2.52. The van der Waals surface area contributed by atoms with E-state index < -0.39 is 0 Å². The van der Waals surface area contributed by atoms with Gasteiger partial charge < -0.3 is 10.4 Å². The minimum Gasteiger partial charge on any atom is -0.396 e. The average molecular weight is 295 g/mol. The van der Waals surface area contributed by atoms with Gasteiger partial charge in [-0.1, -0.05) is 0 Å². The van der Waals surface area contributed by atoms with E-state index in [1.165, 1.54) is 11.3 Å². The minimum atomic E-state index is -0.370. The topological polar surface area (TPSA) is 88.3 Å². The quantitative estimate of drug-likeness (QED) is 0.465. The van der Waals surface area contributed by atoms with Gasteiger partial charge in [0.05, 0.1) is 20.1 Å². The third kappa shape index (κ3) is 3.43. The first-order valence-corrected chi connectivity index (χ1v) is 7.34. The molecule has 1 aromatic heterocycles. The Bertz CT molecular complexity index is 612. The Morgan fingerprint density at radius 1 is 1.40 bits per heavy atom. The number of aliphatic hydroxyl groups is 1. The number of hydrogen-bond donors (Lipinski definition) is 2. The van der Waals surface area contributed by atoms with E-state index in [-0.39, 0.29) is 17.2 Å². The van der Waals surface area contributed by atoms with E-state index in [4.69, 9.17) is 5.11 Å². The van der Waals surface area contributed by atoms with Gasteiger partial charge in [-0.25, -0.2) is 4.98 Å². The Morgan fingerprint density at radius 2 is 2.20 bits per heavy atom. The Hall–Kier alpha value is -1.73. The summed E-state index contributed by atoms with van der Waals surface area (Å²) in [7, 11) is 0. The van der Waals surface area contributed by atoms with Crippen molar-refractivity contribution in [3.63, 3.8) is 0 Å². The molecule has 0 spiro atoms. The lowest BCUT2D eigenvalue weighted by Gasteiger charge is -2.06. The Labute approximate surface area is 120 Å². The van der Waals surface area contributed by atoms with Crippen LogP contribution in [0.25, 0.3) is 10.2 Å². The minimum absolute atomic E-state index is 0.0864. The summed E-state index contributed by atoms with van der Waals surface area (Å²) in [5, 5.41) is 23.8. The van der Waals surface area contributed by atoms with Gasteiger partial charge in [0.2, 0.25) is 0 Å². The summed E-state index contributed by atoms with van der Waals surface area (Å²) >= 11 is 1.46. The van der Waals surface area contributed by atoms with Gasteiger partial charge in [-0.05, 0) is 32.3 Å². The van der Waals surface area contributed by atoms with E-state index in [0.717, 1.165) is 34.5 Å². The number of thiazole rings is 1. The van der Waals surface area contributed by atoms with E-state index in [2.05, 4.69) is 10.3 Å². The van der Waals surface area contributed by atoms with Gasteiger partial charge in [0.1, 0.15) is 5.69 Å². The summed E-state index contributed by atoms with van der Waals surface area (Å²) in [4.78, 5) is 15.1. The molecule has 0 unspecified atom stereocenters. The predicted molar refractivity (Wildman–Crippen MR) is 80.4 cm³/mol. The van der Waals surface area contributed by atoms with Gasteiger partial charge in [-0.15, -0.1) is 11.3 Å². The lowest BCUT2D eigenvalue weighted by molar-refractivity contribution is -0.383. The van der Waals surface area contributed by atoms with Crippen LogP contribution in [0, 0.1) is 17.0 Å². The van der Waals surface area contributed by atoms with Crippen molar-refractivity contribution in [2.75, 3.05) is 18.5 Å². The van der Waals surface area contributed by atoms with Gasteiger partial charge in [-0.3, -0.25) is 10.1 Å². The summed E-state index contributed by atoms with van der Waals surface area (Å²) in [6.45, 7) is 2.72. The first-order chi connectivity index (χ1) is 9.61. The molecule has 20 heavy (non-hydrogen) atoms. The molecule has 1 aromatic carbocycles. The molecule has 0 radical (unpaired) electrons. The number of aryl methyl sites for hydroxylation is 1. The van der Waals surface area contributed by atoms with Crippen molar-refractivity contribution in [2.45, 2.75) is 26.2 Å². The number of aliphatic hydroxyl groups excluding tert-OH is 1. The monoisotopic (exact) mass is 295 g/mol. The number of nitro benzene ring substituents is 1. The van der Waals surface area contributed by atoms with Crippen LogP contribution in [0.4, 0.5) is 11.4 Å². The number of nitrogens with one attached hydrogen (secondary N) is 1. The van der Waals surface area contributed by atoms with Gasteiger partial charge in [0, 0.05) is 19.2 Å². The predicted octanol–water partition coefficient (Wildman–Crippen LogP) is 3.09. The molecular formula is C13H17N3O3S. The maximum Gasteiger partial charge on any atom is 0.293 e. The molecule has 0 fully saturated rings. The van der Waals surface area contributed by atoms with Crippen molar-refractivity contribution in [2.24, 2.45) is 0 Å². The van der Waals surface area contributed by atoms with E-state index in [0.29, 0.717) is 12.2 Å². The number of nitrogens with zero attached hydrogens (tertiary/aromatic N) is 2. The number of unbranched alkanes of at least 4 members (excludes halogenated alkanes) is 2. The highest BCUT2D eigenvalue weighted by Crippen LogP contribution is 2.32. The molecule has 2 rings (SSSR count). The Morgan fingerprint density at radius 3 is 2.90 bits per heavy atom. The van der Waals surface area contributed by atoms with Crippen LogP contribution in [-0.2, 0) is 0 Å². The molecule has 1 heterocycles. The van der Waals surface area contributed by atoms with Gasteiger partial charge in [-0.2, -0.15) is 0 Å². The van der Waals surface area contributed by atoms with E-state index >= 15 is 0 Å². The molecule has 0 saturated carbocycles. The van der Waals surface area contributed by atoms with Crippen LogP contribution < -0.4 is 5.32 Å². The Balaban J connectivity index is 2.16. The van der Waals surface area contributed by atoms with Crippen molar-refractivity contribution in [1.29, 1.82) is 0 Å². The standard InChI is InChI=1S/C13H17N3O3S/c1-9-15-11-7-10(14-5-3-2-4-6-17)12(16(18)19)8-13(11)20-9/h7-8,14,17H,2-6H2,1H3.